The number of carbonyl (C=O) groups is 1. The third-order valence-electron chi connectivity index (χ3n) is 2.22. The van der Waals surface area contributed by atoms with E-state index in [1.807, 2.05) is 6.92 Å². The van der Waals surface area contributed by atoms with Gasteiger partial charge in [-0.25, -0.2) is 0 Å². The molecule has 0 aliphatic carbocycles. The molecule has 0 heterocycles. The maximum atomic E-state index is 10.9. The van der Waals surface area contributed by atoms with E-state index in [2.05, 4.69) is 32.3 Å². The maximum absolute atomic E-state index is 10.9. The molecule has 0 fully saturated rings. The fourth-order valence-corrected chi connectivity index (χ4v) is 2.83. The highest BCUT2D eigenvalue weighted by Gasteiger charge is 2.22. The summed E-state index contributed by atoms with van der Waals surface area (Å²) in [6, 6.07) is 1.09. The molecule has 0 amide bonds. The lowest BCUT2D eigenvalue weighted by atomic mass is 10.0. The Morgan fingerprint density at radius 1 is 1.43 bits per heavy atom. The molecule has 2 atom stereocenters. The van der Waals surface area contributed by atoms with Gasteiger partial charge in [0.05, 0.1) is 5.92 Å². The van der Waals surface area contributed by atoms with Crippen LogP contribution in [0.5, 0.6) is 0 Å². The standard InChI is InChI=1S/C10H22O2SSi/c1-8(13)7-9(10(11)12)5-6-14(2,3)4/h8-9,13H,5-7H2,1-4H3,(H,11,12). The van der Waals surface area contributed by atoms with Crippen LogP contribution in [0, 0.1) is 5.92 Å². The van der Waals surface area contributed by atoms with Gasteiger partial charge in [0.2, 0.25) is 0 Å². The highest BCUT2D eigenvalue weighted by Crippen LogP contribution is 2.21. The van der Waals surface area contributed by atoms with E-state index < -0.39 is 14.0 Å². The highest BCUT2D eigenvalue weighted by molar-refractivity contribution is 7.80. The van der Waals surface area contributed by atoms with Crippen LogP contribution < -0.4 is 0 Å². The predicted molar refractivity (Wildman–Crippen MR) is 67.0 cm³/mol. The first-order chi connectivity index (χ1) is 6.22. The molecule has 0 radical (unpaired) electrons. The van der Waals surface area contributed by atoms with Crippen molar-refractivity contribution in [1.29, 1.82) is 0 Å². The minimum absolute atomic E-state index is 0.178. The molecule has 0 bridgehead atoms. The van der Waals surface area contributed by atoms with Gasteiger partial charge < -0.3 is 5.11 Å². The van der Waals surface area contributed by atoms with Crippen LogP contribution in [0.3, 0.4) is 0 Å². The maximum Gasteiger partial charge on any atom is 0.306 e. The second-order valence-electron chi connectivity index (χ2n) is 5.22. The van der Waals surface area contributed by atoms with Crippen molar-refractivity contribution in [1.82, 2.24) is 0 Å². The Kier molecular flexibility index (Phi) is 5.82. The smallest absolute Gasteiger partial charge is 0.306 e. The van der Waals surface area contributed by atoms with Crippen LogP contribution in [0.25, 0.3) is 0 Å². The Balaban J connectivity index is 4.05. The molecule has 2 nitrogen and oxygen atoms in total. The number of carboxylic acid groups (broad SMARTS) is 1. The van der Waals surface area contributed by atoms with Crippen LogP contribution in [-0.4, -0.2) is 24.4 Å². The third-order valence-corrected chi connectivity index (χ3v) is 4.22. The Bertz CT molecular complexity index is 187. The second-order valence-corrected chi connectivity index (χ2v) is 11.7. The molecule has 0 saturated heterocycles. The van der Waals surface area contributed by atoms with Crippen LogP contribution in [0.2, 0.25) is 25.7 Å². The first-order valence-corrected chi connectivity index (χ1v) is 9.35. The lowest BCUT2D eigenvalue weighted by molar-refractivity contribution is -0.142. The van der Waals surface area contributed by atoms with E-state index in [0.717, 1.165) is 12.5 Å². The van der Waals surface area contributed by atoms with Gasteiger partial charge in [-0.2, -0.15) is 12.6 Å². The van der Waals surface area contributed by atoms with E-state index in [4.69, 9.17) is 5.11 Å². The summed E-state index contributed by atoms with van der Waals surface area (Å²) in [4.78, 5) is 10.9. The fraction of sp³-hybridized carbons (Fsp3) is 0.900. The van der Waals surface area contributed by atoms with E-state index in [1.165, 1.54) is 0 Å². The number of rotatable bonds is 6. The number of carboxylic acids is 1. The molecule has 2 unspecified atom stereocenters. The van der Waals surface area contributed by atoms with Crippen LogP contribution >= 0.6 is 12.6 Å². The Hall–Kier alpha value is 0.0369. The minimum atomic E-state index is -1.11. The van der Waals surface area contributed by atoms with Crippen LogP contribution in [-0.2, 0) is 4.79 Å². The van der Waals surface area contributed by atoms with Crippen LogP contribution in [0.4, 0.5) is 0 Å². The zero-order valence-electron chi connectivity index (χ0n) is 9.58. The van der Waals surface area contributed by atoms with Crippen LogP contribution in [0.15, 0.2) is 0 Å². The Morgan fingerprint density at radius 3 is 2.21 bits per heavy atom. The van der Waals surface area contributed by atoms with Crippen molar-refractivity contribution in [3.63, 3.8) is 0 Å². The lowest BCUT2D eigenvalue weighted by Gasteiger charge is -2.20. The second kappa shape index (κ2) is 5.81. The SMILES string of the molecule is CC(S)CC(CC[Si](C)(C)C)C(=O)O. The van der Waals surface area contributed by atoms with Crippen molar-refractivity contribution in [2.75, 3.05) is 0 Å². The highest BCUT2D eigenvalue weighted by atomic mass is 32.1. The molecule has 1 N–H and O–H groups in total. The van der Waals surface area contributed by atoms with Crippen molar-refractivity contribution < 1.29 is 9.90 Å². The zero-order chi connectivity index (χ0) is 11.4. The zero-order valence-corrected chi connectivity index (χ0v) is 11.5. The van der Waals surface area contributed by atoms with Crippen molar-refractivity contribution in [2.45, 2.75) is 50.7 Å². The molecule has 0 saturated carbocycles. The van der Waals surface area contributed by atoms with Gasteiger partial charge in [-0.15, -0.1) is 0 Å². The monoisotopic (exact) mass is 234 g/mol. The Labute approximate surface area is 93.5 Å². The average Bonchev–Trinajstić information content (AvgIpc) is 1.94. The quantitative estimate of drug-likeness (QED) is 0.547. The summed E-state index contributed by atoms with van der Waals surface area (Å²) in [5, 5.41) is 9.18. The number of thiol groups is 1. The first-order valence-electron chi connectivity index (χ1n) is 5.13. The van der Waals surface area contributed by atoms with E-state index in [9.17, 15) is 4.79 Å². The summed E-state index contributed by atoms with van der Waals surface area (Å²) >= 11 is 4.25. The number of hydrogen-bond acceptors (Lipinski definition) is 2. The summed E-state index contributed by atoms with van der Waals surface area (Å²) in [5.41, 5.74) is 0. The van der Waals surface area contributed by atoms with Crippen molar-refractivity contribution >= 4 is 26.7 Å². The molecule has 4 heteroatoms. The van der Waals surface area contributed by atoms with Crippen LogP contribution in [0.1, 0.15) is 19.8 Å². The van der Waals surface area contributed by atoms with Gasteiger partial charge in [0.15, 0.2) is 0 Å². The Morgan fingerprint density at radius 2 is 1.93 bits per heavy atom. The molecule has 14 heavy (non-hydrogen) atoms. The number of hydrogen-bond donors (Lipinski definition) is 2. The summed E-state index contributed by atoms with van der Waals surface area (Å²) < 4.78 is 0. The molecule has 0 rings (SSSR count). The predicted octanol–water partition coefficient (Wildman–Crippen LogP) is 3.12. The molecule has 84 valence electrons. The van der Waals surface area contributed by atoms with Gasteiger partial charge >= 0.3 is 5.97 Å². The van der Waals surface area contributed by atoms with Gasteiger partial charge in [0.1, 0.15) is 0 Å². The minimum Gasteiger partial charge on any atom is -0.481 e. The van der Waals surface area contributed by atoms with Gasteiger partial charge in [0, 0.05) is 8.07 Å². The summed E-state index contributed by atoms with van der Waals surface area (Å²) in [6.07, 6.45) is 1.50. The molecular weight excluding hydrogens is 212 g/mol. The van der Waals surface area contributed by atoms with Gasteiger partial charge in [-0.1, -0.05) is 32.6 Å². The molecule has 0 aromatic carbocycles. The summed E-state index contributed by atoms with van der Waals surface area (Å²) in [7, 11) is -1.11. The molecule has 0 aromatic heterocycles. The lowest BCUT2D eigenvalue weighted by Crippen LogP contribution is -2.24. The van der Waals surface area contributed by atoms with Crippen molar-refractivity contribution in [3.8, 4) is 0 Å². The average molecular weight is 234 g/mol. The topological polar surface area (TPSA) is 37.3 Å². The van der Waals surface area contributed by atoms with Gasteiger partial charge in [-0.3, -0.25) is 4.79 Å². The molecular formula is C10H22O2SSi. The van der Waals surface area contributed by atoms with Crippen molar-refractivity contribution in [2.24, 2.45) is 5.92 Å². The summed E-state index contributed by atoms with van der Waals surface area (Å²) in [5.74, 6) is -0.863. The number of aliphatic carboxylic acids is 1. The normalized spacial score (nSPS) is 16.4. The largest absolute Gasteiger partial charge is 0.481 e. The van der Waals surface area contributed by atoms with Gasteiger partial charge in [-0.05, 0) is 18.1 Å². The van der Waals surface area contributed by atoms with E-state index in [-0.39, 0.29) is 11.2 Å². The molecule has 0 spiro atoms. The fourth-order valence-electron chi connectivity index (χ4n) is 1.36. The van der Waals surface area contributed by atoms with E-state index >= 15 is 0 Å². The first kappa shape index (κ1) is 14.0. The van der Waals surface area contributed by atoms with Gasteiger partial charge in [0.25, 0.3) is 0 Å². The van der Waals surface area contributed by atoms with Crippen molar-refractivity contribution in [3.05, 3.63) is 0 Å². The van der Waals surface area contributed by atoms with E-state index in [0.29, 0.717) is 6.42 Å². The summed E-state index contributed by atoms with van der Waals surface area (Å²) in [6.45, 7) is 8.77. The molecule has 0 aromatic rings. The third kappa shape index (κ3) is 7.44. The molecule has 0 aliphatic rings. The van der Waals surface area contributed by atoms with E-state index in [1.54, 1.807) is 0 Å². The molecule has 0 aliphatic heterocycles.